The maximum Gasteiger partial charge on any atom is 0.264 e. The number of aromatic nitrogens is 2. The molecule has 1 aliphatic carbocycles. The van der Waals surface area contributed by atoms with Gasteiger partial charge in [-0.05, 0) is 37.1 Å². The fourth-order valence-corrected chi connectivity index (χ4v) is 3.31. The van der Waals surface area contributed by atoms with E-state index in [0.717, 1.165) is 0 Å². The van der Waals surface area contributed by atoms with Crippen LogP contribution in [0.1, 0.15) is 28.9 Å². The van der Waals surface area contributed by atoms with Gasteiger partial charge in [0, 0.05) is 17.6 Å². The molecule has 0 amide bonds. The maximum atomic E-state index is 12.2. The van der Waals surface area contributed by atoms with Gasteiger partial charge in [0.15, 0.2) is 5.78 Å². The van der Waals surface area contributed by atoms with Gasteiger partial charge in [-0.15, -0.1) is 0 Å². The first kappa shape index (κ1) is 14.9. The highest BCUT2D eigenvalue weighted by Crippen LogP contribution is 2.21. The zero-order chi connectivity index (χ0) is 15.7. The number of anilines is 1. The van der Waals surface area contributed by atoms with Crippen molar-refractivity contribution in [2.75, 3.05) is 4.72 Å². The number of halogens is 1. The van der Waals surface area contributed by atoms with E-state index in [1.807, 2.05) is 0 Å². The molecule has 0 spiro atoms. The number of ketones is 1. The van der Waals surface area contributed by atoms with Gasteiger partial charge in [-0.1, -0.05) is 11.6 Å². The Balaban J connectivity index is 1.89. The summed E-state index contributed by atoms with van der Waals surface area (Å²) in [6.07, 6.45) is 3.21. The van der Waals surface area contributed by atoms with E-state index in [-0.39, 0.29) is 16.6 Å². The zero-order valence-corrected chi connectivity index (χ0v) is 13.0. The number of Topliss-reactive ketones (excluding diaryl/α,β-unsaturated/α-hetero) is 1. The molecule has 22 heavy (non-hydrogen) atoms. The molecule has 1 aromatic heterocycles. The van der Waals surface area contributed by atoms with Crippen molar-refractivity contribution in [2.24, 2.45) is 0 Å². The van der Waals surface area contributed by atoms with Crippen molar-refractivity contribution in [3.8, 4) is 0 Å². The van der Waals surface area contributed by atoms with Crippen molar-refractivity contribution in [3.05, 3.63) is 46.7 Å². The van der Waals surface area contributed by atoms with Crippen molar-refractivity contribution < 1.29 is 13.2 Å². The van der Waals surface area contributed by atoms with Gasteiger partial charge in [0.25, 0.3) is 10.0 Å². The molecule has 0 atom stereocenters. The number of hydrogen-bond acceptors (Lipinski definition) is 5. The SMILES string of the molecule is O=C1CCCc2nc(NS(=O)(=O)c3ccc(Cl)cc3)ncc21. The second kappa shape index (κ2) is 5.66. The molecular weight excluding hydrogens is 326 g/mol. The number of nitrogens with one attached hydrogen (secondary N) is 1. The van der Waals surface area contributed by atoms with Gasteiger partial charge in [0.2, 0.25) is 5.95 Å². The molecule has 0 saturated heterocycles. The number of hydrogen-bond donors (Lipinski definition) is 1. The van der Waals surface area contributed by atoms with Crippen molar-refractivity contribution in [3.63, 3.8) is 0 Å². The Labute approximate surface area is 132 Å². The lowest BCUT2D eigenvalue weighted by molar-refractivity contribution is 0.0971. The van der Waals surface area contributed by atoms with E-state index < -0.39 is 10.0 Å². The van der Waals surface area contributed by atoms with Crippen molar-refractivity contribution >= 4 is 33.4 Å². The summed E-state index contributed by atoms with van der Waals surface area (Å²) in [7, 11) is -3.79. The smallest absolute Gasteiger partial charge is 0.264 e. The van der Waals surface area contributed by atoms with Gasteiger partial charge >= 0.3 is 0 Å². The molecular formula is C14H12ClN3O3S. The summed E-state index contributed by atoms with van der Waals surface area (Å²) >= 11 is 5.74. The monoisotopic (exact) mass is 337 g/mol. The first-order chi connectivity index (χ1) is 10.5. The van der Waals surface area contributed by atoms with Crippen LogP contribution in [0, 0.1) is 0 Å². The molecule has 6 nitrogen and oxygen atoms in total. The van der Waals surface area contributed by atoms with Crippen LogP contribution >= 0.6 is 11.6 Å². The molecule has 0 aliphatic heterocycles. The summed E-state index contributed by atoms with van der Waals surface area (Å²) < 4.78 is 26.8. The molecule has 1 N–H and O–H groups in total. The summed E-state index contributed by atoms with van der Waals surface area (Å²) in [6.45, 7) is 0. The summed E-state index contributed by atoms with van der Waals surface area (Å²) in [5.41, 5.74) is 1.06. The van der Waals surface area contributed by atoms with Crippen LogP contribution in [-0.2, 0) is 16.4 Å². The second-order valence-corrected chi connectivity index (χ2v) is 7.01. The Hall–Kier alpha value is -1.99. The summed E-state index contributed by atoms with van der Waals surface area (Å²) in [4.78, 5) is 19.8. The first-order valence-corrected chi connectivity index (χ1v) is 8.49. The number of carbonyl (C=O) groups excluding carboxylic acids is 1. The van der Waals surface area contributed by atoms with Crippen molar-refractivity contribution in [1.82, 2.24) is 9.97 Å². The highest BCUT2D eigenvalue weighted by molar-refractivity contribution is 7.92. The van der Waals surface area contributed by atoms with Crippen LogP contribution in [0.3, 0.4) is 0 Å². The second-order valence-electron chi connectivity index (χ2n) is 4.89. The van der Waals surface area contributed by atoms with E-state index in [0.29, 0.717) is 35.5 Å². The quantitative estimate of drug-likeness (QED) is 0.929. The van der Waals surface area contributed by atoms with Gasteiger partial charge in [-0.25, -0.2) is 23.1 Å². The lowest BCUT2D eigenvalue weighted by Gasteiger charge is -2.14. The normalized spacial score (nSPS) is 14.5. The predicted molar refractivity (Wildman–Crippen MR) is 81.6 cm³/mol. The van der Waals surface area contributed by atoms with E-state index in [1.54, 1.807) is 0 Å². The highest BCUT2D eigenvalue weighted by Gasteiger charge is 2.21. The molecule has 0 saturated carbocycles. The number of benzene rings is 1. The summed E-state index contributed by atoms with van der Waals surface area (Å²) in [6, 6.07) is 5.77. The number of carbonyl (C=O) groups is 1. The highest BCUT2D eigenvalue weighted by atomic mass is 35.5. The van der Waals surface area contributed by atoms with Crippen molar-refractivity contribution in [1.29, 1.82) is 0 Å². The van der Waals surface area contributed by atoms with Crippen LogP contribution in [0.2, 0.25) is 5.02 Å². The zero-order valence-electron chi connectivity index (χ0n) is 11.4. The van der Waals surface area contributed by atoms with E-state index >= 15 is 0 Å². The van der Waals surface area contributed by atoms with Crippen LogP contribution in [0.5, 0.6) is 0 Å². The number of sulfonamides is 1. The van der Waals surface area contributed by atoms with Crippen LogP contribution in [0.25, 0.3) is 0 Å². The fraction of sp³-hybridized carbons (Fsp3) is 0.214. The van der Waals surface area contributed by atoms with Gasteiger partial charge < -0.3 is 0 Å². The molecule has 0 unspecified atom stereocenters. The van der Waals surface area contributed by atoms with Crippen LogP contribution < -0.4 is 4.72 Å². The summed E-state index contributed by atoms with van der Waals surface area (Å²) in [5, 5.41) is 0.447. The molecule has 1 aromatic carbocycles. The molecule has 1 heterocycles. The minimum atomic E-state index is -3.79. The van der Waals surface area contributed by atoms with Gasteiger partial charge in [-0.3, -0.25) is 4.79 Å². The maximum absolute atomic E-state index is 12.2. The van der Waals surface area contributed by atoms with E-state index in [1.165, 1.54) is 30.5 Å². The molecule has 0 radical (unpaired) electrons. The standard InChI is InChI=1S/C14H12ClN3O3S/c15-9-4-6-10(7-5-9)22(20,21)18-14-16-8-11-12(17-14)2-1-3-13(11)19/h4-8H,1-3H2,(H,16,17,18). The summed E-state index contributed by atoms with van der Waals surface area (Å²) in [5.74, 6) is -0.0447. The molecule has 114 valence electrons. The largest absolute Gasteiger partial charge is 0.294 e. The average Bonchev–Trinajstić information content (AvgIpc) is 2.47. The molecule has 8 heteroatoms. The van der Waals surface area contributed by atoms with E-state index in [2.05, 4.69) is 14.7 Å². The van der Waals surface area contributed by atoms with Crippen molar-refractivity contribution in [2.45, 2.75) is 24.2 Å². The van der Waals surface area contributed by atoms with Crippen LogP contribution in [0.15, 0.2) is 35.4 Å². The Bertz CT molecular complexity index is 835. The van der Waals surface area contributed by atoms with Gasteiger partial charge in [-0.2, -0.15) is 0 Å². The Morgan fingerprint density at radius 1 is 1.14 bits per heavy atom. The number of rotatable bonds is 3. The number of aryl methyl sites for hydroxylation is 1. The lowest BCUT2D eigenvalue weighted by Crippen LogP contribution is -2.18. The first-order valence-electron chi connectivity index (χ1n) is 6.63. The fourth-order valence-electron chi connectivity index (χ4n) is 2.23. The molecule has 2 aromatic rings. The lowest BCUT2D eigenvalue weighted by atomic mass is 9.96. The third-order valence-electron chi connectivity index (χ3n) is 3.34. The Kier molecular flexibility index (Phi) is 3.84. The third kappa shape index (κ3) is 2.95. The minimum Gasteiger partial charge on any atom is -0.294 e. The Morgan fingerprint density at radius 3 is 2.59 bits per heavy atom. The molecule has 0 fully saturated rings. The minimum absolute atomic E-state index is 0.00615. The van der Waals surface area contributed by atoms with E-state index in [9.17, 15) is 13.2 Å². The third-order valence-corrected chi connectivity index (χ3v) is 4.93. The average molecular weight is 338 g/mol. The predicted octanol–water partition coefficient (Wildman–Crippen LogP) is 2.45. The van der Waals surface area contributed by atoms with Crippen LogP contribution in [-0.4, -0.2) is 24.2 Å². The topological polar surface area (TPSA) is 89.0 Å². The van der Waals surface area contributed by atoms with Gasteiger partial charge in [0.1, 0.15) is 0 Å². The number of fused-ring (bicyclic) bond motifs is 1. The Morgan fingerprint density at radius 2 is 1.86 bits per heavy atom. The van der Waals surface area contributed by atoms with Crippen LogP contribution in [0.4, 0.5) is 5.95 Å². The molecule has 0 bridgehead atoms. The van der Waals surface area contributed by atoms with E-state index in [4.69, 9.17) is 11.6 Å². The number of nitrogens with zero attached hydrogens (tertiary/aromatic N) is 2. The molecule has 3 rings (SSSR count). The van der Waals surface area contributed by atoms with Gasteiger partial charge in [0.05, 0.1) is 16.2 Å². The molecule has 1 aliphatic rings.